The molecule has 104 valence electrons. The topological polar surface area (TPSA) is 29.4 Å². The lowest BCUT2D eigenvalue weighted by molar-refractivity contribution is 0.651. The molecule has 0 heterocycles. The Kier molecular flexibility index (Phi) is 4.85. The molecule has 0 N–H and O–H groups in total. The molecule has 4 heteroatoms. The van der Waals surface area contributed by atoms with Crippen LogP contribution in [0.3, 0.4) is 0 Å². The molecule has 1 atom stereocenters. The van der Waals surface area contributed by atoms with Gasteiger partial charge in [-0.3, -0.25) is 0 Å². The standard InChI is InChI=1S/C15H21NOS2/c1-15(2,3)19(17)16-10-12-6-8-14(9-7-12)18-11-13-4-5-13/h6-10,13H,4-5,11H2,1-3H3. The first kappa shape index (κ1) is 14.8. The summed E-state index contributed by atoms with van der Waals surface area (Å²) in [7, 11) is -1.18. The van der Waals surface area contributed by atoms with Crippen molar-refractivity contribution in [1.29, 1.82) is 0 Å². The van der Waals surface area contributed by atoms with E-state index in [0.717, 1.165) is 11.5 Å². The number of hydrogen-bond acceptors (Lipinski definition) is 2. The van der Waals surface area contributed by atoms with E-state index in [1.54, 1.807) is 6.21 Å². The van der Waals surface area contributed by atoms with Gasteiger partial charge in [0, 0.05) is 16.9 Å². The SMILES string of the molecule is CC(C)(C)S(=O)N=Cc1ccc(SCC2CC2)cc1. The molecular formula is C15H21NOS2. The van der Waals surface area contributed by atoms with Crippen LogP contribution in [0.5, 0.6) is 0 Å². The molecule has 1 aliphatic carbocycles. The van der Waals surface area contributed by atoms with E-state index in [1.807, 2.05) is 44.7 Å². The molecule has 0 saturated heterocycles. The van der Waals surface area contributed by atoms with Gasteiger partial charge in [0.25, 0.3) is 0 Å². The van der Waals surface area contributed by atoms with Gasteiger partial charge >= 0.3 is 0 Å². The molecule has 0 bridgehead atoms. The fourth-order valence-electron chi connectivity index (χ4n) is 1.42. The van der Waals surface area contributed by atoms with Crippen LogP contribution >= 0.6 is 11.8 Å². The first-order valence-corrected chi connectivity index (χ1v) is 8.73. The maximum absolute atomic E-state index is 11.8. The molecule has 1 saturated carbocycles. The average Bonchev–Trinajstić information content (AvgIpc) is 3.17. The minimum Gasteiger partial charge on any atom is -0.234 e. The normalized spacial score (nSPS) is 17.8. The zero-order valence-corrected chi connectivity index (χ0v) is 13.4. The summed E-state index contributed by atoms with van der Waals surface area (Å²) in [4.78, 5) is 1.31. The predicted octanol–water partition coefficient (Wildman–Crippen LogP) is 4.07. The Morgan fingerprint density at radius 2 is 1.95 bits per heavy atom. The summed E-state index contributed by atoms with van der Waals surface area (Å²) in [5.41, 5.74) is 1.01. The summed E-state index contributed by atoms with van der Waals surface area (Å²) < 4.78 is 15.6. The van der Waals surface area contributed by atoms with Gasteiger partial charge in [0.2, 0.25) is 0 Å². The Morgan fingerprint density at radius 3 is 2.47 bits per heavy atom. The van der Waals surface area contributed by atoms with Crippen molar-refractivity contribution in [3.8, 4) is 0 Å². The summed E-state index contributed by atoms with van der Waals surface area (Å²) in [6, 6.07) is 8.32. The highest BCUT2D eigenvalue weighted by atomic mass is 32.2. The predicted molar refractivity (Wildman–Crippen MR) is 85.4 cm³/mol. The molecule has 1 aromatic carbocycles. The minimum absolute atomic E-state index is 0.295. The molecule has 1 fully saturated rings. The van der Waals surface area contributed by atoms with Crippen molar-refractivity contribution in [2.45, 2.75) is 43.3 Å². The highest BCUT2D eigenvalue weighted by Crippen LogP contribution is 2.34. The van der Waals surface area contributed by atoms with E-state index in [0.29, 0.717) is 0 Å². The third kappa shape index (κ3) is 5.11. The molecule has 2 rings (SSSR count). The van der Waals surface area contributed by atoms with Gasteiger partial charge < -0.3 is 0 Å². The highest BCUT2D eigenvalue weighted by Gasteiger charge is 2.21. The summed E-state index contributed by atoms with van der Waals surface area (Å²) in [5.74, 6) is 2.18. The molecule has 1 unspecified atom stereocenters. The summed E-state index contributed by atoms with van der Waals surface area (Å²) in [6.07, 6.45) is 4.50. The highest BCUT2D eigenvalue weighted by molar-refractivity contribution is 7.99. The smallest absolute Gasteiger partial charge is 0.144 e. The number of thioether (sulfide) groups is 1. The molecule has 2 nitrogen and oxygen atoms in total. The maximum Gasteiger partial charge on any atom is 0.144 e. The molecule has 0 aromatic heterocycles. The third-order valence-electron chi connectivity index (χ3n) is 2.88. The molecule has 0 amide bonds. The monoisotopic (exact) mass is 295 g/mol. The number of hydrogen-bond donors (Lipinski definition) is 0. The van der Waals surface area contributed by atoms with E-state index in [2.05, 4.69) is 16.5 Å². The third-order valence-corrected chi connectivity index (χ3v) is 5.47. The van der Waals surface area contributed by atoms with Gasteiger partial charge in [-0.1, -0.05) is 12.1 Å². The first-order chi connectivity index (χ1) is 8.95. The van der Waals surface area contributed by atoms with Crippen molar-refractivity contribution in [2.24, 2.45) is 10.3 Å². The minimum atomic E-state index is -1.18. The van der Waals surface area contributed by atoms with Crippen LogP contribution in [0.4, 0.5) is 0 Å². The molecule has 19 heavy (non-hydrogen) atoms. The van der Waals surface area contributed by atoms with E-state index < -0.39 is 11.0 Å². The van der Waals surface area contributed by atoms with E-state index in [-0.39, 0.29) is 4.75 Å². The van der Waals surface area contributed by atoms with E-state index in [1.165, 1.54) is 23.5 Å². The van der Waals surface area contributed by atoms with Crippen LogP contribution in [0.2, 0.25) is 0 Å². The van der Waals surface area contributed by atoms with Gasteiger partial charge in [-0.15, -0.1) is 11.8 Å². The van der Waals surface area contributed by atoms with Gasteiger partial charge in [-0.25, -0.2) is 4.21 Å². The van der Waals surface area contributed by atoms with Gasteiger partial charge in [-0.05, 0) is 57.2 Å². The van der Waals surface area contributed by atoms with Gasteiger partial charge in [0.05, 0.1) is 4.75 Å². The van der Waals surface area contributed by atoms with Gasteiger partial charge in [-0.2, -0.15) is 4.40 Å². The first-order valence-electron chi connectivity index (χ1n) is 6.64. The lowest BCUT2D eigenvalue weighted by Gasteiger charge is -2.12. The summed E-state index contributed by atoms with van der Waals surface area (Å²) in [5, 5.41) is 0. The Morgan fingerprint density at radius 1 is 1.32 bits per heavy atom. The zero-order chi connectivity index (χ0) is 13.9. The molecule has 0 radical (unpaired) electrons. The molecule has 1 aliphatic rings. The van der Waals surface area contributed by atoms with Crippen LogP contribution in [-0.4, -0.2) is 20.9 Å². The number of benzene rings is 1. The Bertz CT molecular complexity index is 470. The largest absolute Gasteiger partial charge is 0.234 e. The summed E-state index contributed by atoms with van der Waals surface area (Å²) >= 11 is 1.92. The second-order valence-electron chi connectivity index (χ2n) is 5.92. The maximum atomic E-state index is 11.8. The number of nitrogens with zero attached hydrogens (tertiary/aromatic N) is 1. The van der Waals surface area contributed by atoms with Crippen molar-refractivity contribution in [1.82, 2.24) is 0 Å². The summed E-state index contributed by atoms with van der Waals surface area (Å²) in [6.45, 7) is 5.79. The van der Waals surface area contributed by atoms with E-state index in [4.69, 9.17) is 0 Å². The van der Waals surface area contributed by atoms with Crippen LogP contribution < -0.4 is 0 Å². The van der Waals surface area contributed by atoms with Crippen molar-refractivity contribution >= 4 is 29.0 Å². The van der Waals surface area contributed by atoms with Crippen LogP contribution in [0.15, 0.2) is 33.6 Å². The fraction of sp³-hybridized carbons (Fsp3) is 0.533. The lowest BCUT2D eigenvalue weighted by atomic mass is 10.2. The van der Waals surface area contributed by atoms with Crippen LogP contribution in [0.1, 0.15) is 39.2 Å². The second kappa shape index (κ2) is 6.23. The van der Waals surface area contributed by atoms with Crippen LogP contribution in [0, 0.1) is 5.92 Å². The van der Waals surface area contributed by atoms with Gasteiger partial charge in [0.15, 0.2) is 0 Å². The molecule has 0 spiro atoms. The zero-order valence-electron chi connectivity index (χ0n) is 11.8. The number of rotatable bonds is 5. The molecule has 1 aromatic rings. The van der Waals surface area contributed by atoms with Crippen LogP contribution in [0.25, 0.3) is 0 Å². The lowest BCUT2D eigenvalue weighted by Crippen LogP contribution is -2.19. The quantitative estimate of drug-likeness (QED) is 0.605. The Balaban J connectivity index is 1.90. The van der Waals surface area contributed by atoms with Crippen molar-refractivity contribution < 1.29 is 4.21 Å². The van der Waals surface area contributed by atoms with Gasteiger partial charge in [0.1, 0.15) is 11.0 Å². The average molecular weight is 295 g/mol. The molecular weight excluding hydrogens is 274 g/mol. The van der Waals surface area contributed by atoms with E-state index >= 15 is 0 Å². The fourth-order valence-corrected chi connectivity index (χ4v) is 3.04. The Hall–Kier alpha value is -0.610. The van der Waals surface area contributed by atoms with Crippen molar-refractivity contribution in [3.05, 3.63) is 29.8 Å². The molecule has 0 aliphatic heterocycles. The van der Waals surface area contributed by atoms with Crippen LogP contribution in [-0.2, 0) is 11.0 Å². The Labute approximate surface area is 122 Å². The van der Waals surface area contributed by atoms with Crippen molar-refractivity contribution in [2.75, 3.05) is 5.75 Å². The van der Waals surface area contributed by atoms with E-state index in [9.17, 15) is 4.21 Å². The second-order valence-corrected chi connectivity index (χ2v) is 8.95. The van der Waals surface area contributed by atoms with Crippen molar-refractivity contribution in [3.63, 3.8) is 0 Å².